The predicted octanol–water partition coefficient (Wildman–Crippen LogP) is 3.69. The van der Waals surface area contributed by atoms with Crippen molar-refractivity contribution in [1.82, 2.24) is 14.1 Å². The van der Waals surface area contributed by atoms with Crippen LogP contribution in [0.15, 0.2) is 29.1 Å². The van der Waals surface area contributed by atoms with Gasteiger partial charge in [0.1, 0.15) is 18.1 Å². The predicted molar refractivity (Wildman–Crippen MR) is 131 cm³/mol. The molecule has 1 unspecified atom stereocenters. The SMILES string of the molecule is C[C@@H]1CN(c2nc(Nc3ccc4c(c3)n(CC[C@@H](C)O)c(=O)n4C)c(F)cc2C#N)C[C@H](C)C1F. The van der Waals surface area contributed by atoms with Crippen molar-refractivity contribution in [3.8, 4) is 6.07 Å². The number of fused-ring (bicyclic) bond motifs is 1. The van der Waals surface area contributed by atoms with Crippen LogP contribution < -0.4 is 15.9 Å². The van der Waals surface area contributed by atoms with Crippen molar-refractivity contribution >= 4 is 28.4 Å². The third kappa shape index (κ3) is 4.73. The number of anilines is 3. The largest absolute Gasteiger partial charge is 0.393 e. The first kappa shape index (κ1) is 24.7. The lowest BCUT2D eigenvalue weighted by Gasteiger charge is -2.38. The molecule has 4 rings (SSSR count). The molecule has 3 aromatic rings. The second-order valence-electron chi connectivity index (χ2n) is 9.57. The van der Waals surface area contributed by atoms with Gasteiger partial charge >= 0.3 is 5.69 Å². The van der Waals surface area contributed by atoms with Crippen molar-refractivity contribution < 1.29 is 13.9 Å². The Morgan fingerprint density at radius 1 is 1.26 bits per heavy atom. The van der Waals surface area contributed by atoms with E-state index in [1.807, 2.05) is 24.8 Å². The maximum Gasteiger partial charge on any atom is 0.328 e. The number of halogens is 2. The molecular weight excluding hydrogens is 454 g/mol. The van der Waals surface area contributed by atoms with Crippen LogP contribution in [-0.2, 0) is 13.6 Å². The normalized spacial score (nSPS) is 21.2. The van der Waals surface area contributed by atoms with Gasteiger partial charge in [0.15, 0.2) is 11.6 Å². The number of aliphatic hydroxyl groups excluding tert-OH is 1. The van der Waals surface area contributed by atoms with Crippen LogP contribution in [0.3, 0.4) is 0 Å². The topological polar surface area (TPSA) is 99.1 Å². The zero-order chi connectivity index (χ0) is 25.4. The summed E-state index contributed by atoms with van der Waals surface area (Å²) in [6, 6.07) is 8.36. The van der Waals surface area contributed by atoms with Crippen LogP contribution in [0.2, 0.25) is 0 Å². The minimum Gasteiger partial charge on any atom is -0.393 e. The number of nitrogens with one attached hydrogen (secondary N) is 1. The molecule has 0 spiro atoms. The maximum atomic E-state index is 14.9. The summed E-state index contributed by atoms with van der Waals surface area (Å²) in [6.07, 6.45) is -1.08. The Hall–Kier alpha value is -3.45. The zero-order valence-corrected chi connectivity index (χ0v) is 20.3. The number of alkyl halides is 1. The number of hydrogen-bond donors (Lipinski definition) is 2. The van der Waals surface area contributed by atoms with Gasteiger partial charge in [-0.3, -0.25) is 9.13 Å². The van der Waals surface area contributed by atoms with Crippen LogP contribution in [0, 0.1) is 29.0 Å². The molecule has 0 radical (unpaired) electrons. The number of pyridine rings is 1. The molecule has 1 aliphatic rings. The number of rotatable bonds is 6. The van der Waals surface area contributed by atoms with Gasteiger partial charge in [0.25, 0.3) is 0 Å². The Bertz CT molecular complexity index is 1330. The van der Waals surface area contributed by atoms with Crippen molar-refractivity contribution in [2.75, 3.05) is 23.3 Å². The second-order valence-corrected chi connectivity index (χ2v) is 9.57. The fourth-order valence-electron chi connectivity index (χ4n) is 4.75. The van der Waals surface area contributed by atoms with Crippen LogP contribution in [0.4, 0.5) is 26.1 Å². The second kappa shape index (κ2) is 9.66. The number of benzene rings is 1. The Balaban J connectivity index is 1.70. The number of nitrogens with zero attached hydrogens (tertiary/aromatic N) is 5. The van der Waals surface area contributed by atoms with Crippen LogP contribution >= 0.6 is 0 Å². The number of nitriles is 1. The van der Waals surface area contributed by atoms with E-state index in [9.17, 15) is 23.9 Å². The Morgan fingerprint density at radius 2 is 1.94 bits per heavy atom. The van der Waals surface area contributed by atoms with Crippen molar-refractivity contribution in [3.63, 3.8) is 0 Å². The van der Waals surface area contributed by atoms with Crippen molar-refractivity contribution in [3.05, 3.63) is 46.1 Å². The summed E-state index contributed by atoms with van der Waals surface area (Å²) in [4.78, 5) is 18.9. The lowest BCUT2D eigenvalue weighted by molar-refractivity contribution is 0.148. The minimum absolute atomic E-state index is 0.0603. The number of piperidine rings is 1. The summed E-state index contributed by atoms with van der Waals surface area (Å²) in [5.74, 6) is -0.919. The van der Waals surface area contributed by atoms with Crippen molar-refractivity contribution in [2.24, 2.45) is 18.9 Å². The van der Waals surface area contributed by atoms with Gasteiger partial charge in [0, 0.05) is 44.2 Å². The molecular formula is C25H30F2N6O2. The molecule has 2 aromatic heterocycles. The molecule has 1 fully saturated rings. The highest BCUT2D eigenvalue weighted by Crippen LogP contribution is 2.32. The van der Waals surface area contributed by atoms with E-state index in [4.69, 9.17) is 0 Å². The Morgan fingerprint density at radius 3 is 2.57 bits per heavy atom. The lowest BCUT2D eigenvalue weighted by Crippen LogP contribution is -2.46. The minimum atomic E-state index is -0.946. The van der Waals surface area contributed by atoms with E-state index in [2.05, 4.69) is 10.3 Å². The van der Waals surface area contributed by atoms with E-state index in [-0.39, 0.29) is 28.9 Å². The van der Waals surface area contributed by atoms with E-state index < -0.39 is 18.1 Å². The van der Waals surface area contributed by atoms with E-state index in [1.54, 1.807) is 36.7 Å². The number of imidazole rings is 1. The quantitative estimate of drug-likeness (QED) is 0.554. The molecule has 3 heterocycles. The van der Waals surface area contributed by atoms with E-state index >= 15 is 0 Å². The van der Waals surface area contributed by atoms with E-state index in [1.165, 1.54) is 4.57 Å². The standard InChI is InChI=1S/C25H30F2N6O2/c1-14-12-32(13-15(2)22(14)27)24-17(11-28)9-19(26)23(30-24)29-18-5-6-20-21(10-18)33(8-7-16(3)34)25(35)31(20)4/h5-6,9-10,14-16,22,34H,7-8,12-13H2,1-4H3,(H,29,30)/t14-,15+,16-,22?/m1/s1. The lowest BCUT2D eigenvalue weighted by atomic mass is 9.89. The summed E-state index contributed by atoms with van der Waals surface area (Å²) < 4.78 is 32.4. The van der Waals surface area contributed by atoms with Crippen molar-refractivity contribution in [1.29, 1.82) is 5.26 Å². The number of aromatic nitrogens is 3. The van der Waals surface area contributed by atoms with Crippen LogP contribution in [0.5, 0.6) is 0 Å². The maximum absolute atomic E-state index is 14.9. The Labute approximate surface area is 202 Å². The van der Waals surface area contributed by atoms with Gasteiger partial charge in [-0.15, -0.1) is 0 Å². The molecule has 8 nitrogen and oxygen atoms in total. The highest BCUT2D eigenvalue weighted by atomic mass is 19.1. The van der Waals surface area contributed by atoms with Gasteiger partial charge in [0.05, 0.1) is 22.7 Å². The van der Waals surface area contributed by atoms with Gasteiger partial charge in [-0.2, -0.15) is 5.26 Å². The summed E-state index contributed by atoms with van der Waals surface area (Å²) >= 11 is 0. The summed E-state index contributed by atoms with van der Waals surface area (Å²) in [5, 5.41) is 22.2. The average Bonchev–Trinajstić information content (AvgIpc) is 3.05. The highest BCUT2D eigenvalue weighted by Gasteiger charge is 2.33. The molecule has 0 bridgehead atoms. The number of aliphatic hydroxyl groups is 1. The first-order chi connectivity index (χ1) is 16.6. The number of hydrogen-bond acceptors (Lipinski definition) is 6. The van der Waals surface area contributed by atoms with E-state index in [0.717, 1.165) is 6.07 Å². The third-order valence-electron chi connectivity index (χ3n) is 6.66. The summed E-state index contributed by atoms with van der Waals surface area (Å²) in [5.41, 5.74) is 1.75. The van der Waals surface area contributed by atoms with Crippen molar-refractivity contribution in [2.45, 2.75) is 46.0 Å². The molecule has 186 valence electrons. The van der Waals surface area contributed by atoms with Gasteiger partial charge in [-0.25, -0.2) is 18.6 Å². The molecule has 1 aromatic carbocycles. The van der Waals surface area contributed by atoms with Crippen LogP contribution in [0.1, 0.15) is 32.8 Å². The monoisotopic (exact) mass is 484 g/mol. The summed E-state index contributed by atoms with van der Waals surface area (Å²) in [7, 11) is 1.67. The number of aryl methyl sites for hydroxylation is 2. The third-order valence-corrected chi connectivity index (χ3v) is 6.66. The highest BCUT2D eigenvalue weighted by molar-refractivity contribution is 5.81. The molecule has 0 aliphatic carbocycles. The fraction of sp³-hybridized carbons (Fsp3) is 0.480. The smallest absolute Gasteiger partial charge is 0.328 e. The molecule has 2 N–H and O–H groups in total. The first-order valence-electron chi connectivity index (χ1n) is 11.7. The molecule has 4 atom stereocenters. The Kier molecular flexibility index (Phi) is 6.81. The molecule has 0 saturated carbocycles. The van der Waals surface area contributed by atoms with Gasteiger partial charge in [0.2, 0.25) is 0 Å². The molecule has 10 heteroatoms. The van der Waals surface area contributed by atoms with Gasteiger partial charge in [-0.05, 0) is 37.6 Å². The molecule has 35 heavy (non-hydrogen) atoms. The first-order valence-corrected chi connectivity index (χ1v) is 11.7. The van der Waals surface area contributed by atoms with Gasteiger partial charge < -0.3 is 15.3 Å². The van der Waals surface area contributed by atoms with Gasteiger partial charge in [-0.1, -0.05) is 13.8 Å². The van der Waals surface area contributed by atoms with Crippen LogP contribution in [0.25, 0.3) is 11.0 Å². The summed E-state index contributed by atoms with van der Waals surface area (Å²) in [6.45, 7) is 6.39. The molecule has 0 amide bonds. The average molecular weight is 485 g/mol. The molecule has 1 saturated heterocycles. The van der Waals surface area contributed by atoms with E-state index in [0.29, 0.717) is 48.6 Å². The zero-order valence-electron chi connectivity index (χ0n) is 20.3. The van der Waals surface area contributed by atoms with Crippen LogP contribution in [-0.4, -0.2) is 44.6 Å². The fourth-order valence-corrected chi connectivity index (χ4v) is 4.75. The molecule has 1 aliphatic heterocycles.